The molecule has 0 saturated heterocycles. The SMILES string of the molecule is CC(C)P(=O)(O)O.CC(C)P(=O)(O)O.O=P(O)(O)O. The van der Waals surface area contributed by atoms with Crippen LogP contribution in [-0.2, 0) is 13.7 Å². The van der Waals surface area contributed by atoms with Crippen LogP contribution in [0.1, 0.15) is 27.7 Å². The second-order valence-corrected chi connectivity index (χ2v) is 9.33. The van der Waals surface area contributed by atoms with Gasteiger partial charge in [0, 0.05) is 0 Å². The van der Waals surface area contributed by atoms with Gasteiger partial charge < -0.3 is 34.3 Å². The molecule has 10 nitrogen and oxygen atoms in total. The minimum atomic E-state index is -4.64. The summed E-state index contributed by atoms with van der Waals surface area (Å²) in [6.45, 7) is 5.95. The van der Waals surface area contributed by atoms with E-state index in [0.29, 0.717) is 0 Å². The Balaban J connectivity index is -0.000000206. The Morgan fingerprint density at radius 1 is 0.579 bits per heavy atom. The Morgan fingerprint density at radius 3 is 0.632 bits per heavy atom. The first-order valence-electron chi connectivity index (χ1n) is 4.77. The average Bonchev–Trinajstić information content (AvgIpc) is 1.97. The molecule has 0 rings (SSSR count). The molecule has 0 spiro atoms. The second-order valence-electron chi connectivity index (χ2n) is 3.88. The van der Waals surface area contributed by atoms with E-state index in [1.54, 1.807) is 0 Å². The standard InChI is InChI=1S/2C3H9O3P.H3O4P/c2*1-3(2)7(4,5)6;1-5(2,3)4/h2*3H,1-2H3,(H2,4,5,6);(H3,1,2,3,4). The minimum absolute atomic E-state index is 0.535. The molecule has 0 radical (unpaired) electrons. The first-order valence-corrected chi connectivity index (χ1v) is 9.70. The molecule has 0 aliphatic heterocycles. The van der Waals surface area contributed by atoms with Crippen molar-refractivity contribution in [2.45, 2.75) is 39.0 Å². The lowest BCUT2D eigenvalue weighted by Gasteiger charge is -2.04. The maximum atomic E-state index is 10.0. The summed E-state index contributed by atoms with van der Waals surface area (Å²) in [7, 11) is -12.1. The van der Waals surface area contributed by atoms with Crippen LogP contribution in [0.15, 0.2) is 0 Å². The van der Waals surface area contributed by atoms with Crippen molar-refractivity contribution in [2.24, 2.45) is 0 Å². The van der Waals surface area contributed by atoms with Crippen LogP contribution in [0.2, 0.25) is 0 Å². The molecular weight excluding hydrogens is 325 g/mol. The number of hydrogen-bond donors (Lipinski definition) is 7. The third kappa shape index (κ3) is 32.2. The lowest BCUT2D eigenvalue weighted by atomic mass is 10.6. The molecule has 13 heteroatoms. The summed E-state index contributed by atoms with van der Waals surface area (Å²) in [5.74, 6) is 0. The topological polar surface area (TPSA) is 193 Å². The summed E-state index contributed by atoms with van der Waals surface area (Å²) in [6.07, 6.45) is 0. The molecule has 0 heterocycles. The third-order valence-electron chi connectivity index (χ3n) is 1.35. The Morgan fingerprint density at radius 2 is 0.632 bits per heavy atom. The van der Waals surface area contributed by atoms with Crippen molar-refractivity contribution in [3.63, 3.8) is 0 Å². The van der Waals surface area contributed by atoms with E-state index in [4.69, 9.17) is 38.8 Å². The fraction of sp³-hybridized carbons (Fsp3) is 1.00. The molecule has 0 aromatic heterocycles. The summed E-state index contributed by atoms with van der Waals surface area (Å²) < 4.78 is 28.9. The molecule has 19 heavy (non-hydrogen) atoms. The summed E-state index contributed by atoms with van der Waals surface area (Å²) in [4.78, 5) is 54.4. The highest BCUT2D eigenvalue weighted by atomic mass is 31.2. The van der Waals surface area contributed by atoms with Crippen molar-refractivity contribution in [2.75, 3.05) is 0 Å². The molecule has 0 atom stereocenters. The van der Waals surface area contributed by atoms with Crippen molar-refractivity contribution in [3.8, 4) is 0 Å². The van der Waals surface area contributed by atoms with Gasteiger partial charge in [-0.05, 0) is 0 Å². The third-order valence-corrected chi connectivity index (χ3v) is 4.04. The van der Waals surface area contributed by atoms with Gasteiger partial charge in [0.2, 0.25) is 0 Å². The molecule has 0 aromatic carbocycles. The number of rotatable bonds is 2. The molecule has 0 saturated carbocycles. The minimum Gasteiger partial charge on any atom is -0.324 e. The average molecular weight is 346 g/mol. The van der Waals surface area contributed by atoms with Gasteiger partial charge in [-0.3, -0.25) is 9.13 Å². The largest absolute Gasteiger partial charge is 0.466 e. The van der Waals surface area contributed by atoms with Crippen LogP contribution in [-0.4, -0.2) is 45.6 Å². The first-order chi connectivity index (χ1) is 7.89. The molecule has 7 N–H and O–H groups in total. The Kier molecular flexibility index (Phi) is 12.0. The van der Waals surface area contributed by atoms with E-state index >= 15 is 0 Å². The van der Waals surface area contributed by atoms with Crippen LogP contribution in [0.3, 0.4) is 0 Å². The summed E-state index contributed by atoms with van der Waals surface area (Å²) in [5, 5.41) is 0. The van der Waals surface area contributed by atoms with E-state index in [1.165, 1.54) is 27.7 Å². The molecule has 0 fully saturated rings. The van der Waals surface area contributed by atoms with Crippen LogP contribution in [0.5, 0.6) is 0 Å². The van der Waals surface area contributed by atoms with E-state index in [2.05, 4.69) is 0 Å². The number of phosphoric acid groups is 1. The molecule has 0 unspecified atom stereocenters. The van der Waals surface area contributed by atoms with Crippen LogP contribution in [0.4, 0.5) is 0 Å². The van der Waals surface area contributed by atoms with Gasteiger partial charge in [-0.1, -0.05) is 27.7 Å². The van der Waals surface area contributed by atoms with Gasteiger partial charge in [0.1, 0.15) is 0 Å². The zero-order valence-electron chi connectivity index (χ0n) is 10.9. The molecule has 0 aliphatic carbocycles. The van der Waals surface area contributed by atoms with Crippen LogP contribution < -0.4 is 0 Å². The molecule has 120 valence electrons. The predicted molar refractivity (Wildman–Crippen MR) is 68.6 cm³/mol. The summed E-state index contributed by atoms with van der Waals surface area (Å²) in [6, 6.07) is 0. The molecule has 0 bridgehead atoms. The zero-order valence-corrected chi connectivity index (χ0v) is 13.5. The quantitative estimate of drug-likeness (QED) is 0.340. The molecule has 0 aromatic rings. The van der Waals surface area contributed by atoms with E-state index in [1.807, 2.05) is 0 Å². The molecule has 0 aliphatic rings. The smallest absolute Gasteiger partial charge is 0.324 e. The van der Waals surface area contributed by atoms with Gasteiger partial charge in [-0.25, -0.2) is 4.57 Å². The maximum absolute atomic E-state index is 10.0. The van der Waals surface area contributed by atoms with Crippen LogP contribution in [0, 0.1) is 0 Å². The lowest BCUT2D eigenvalue weighted by Crippen LogP contribution is -1.93. The lowest BCUT2D eigenvalue weighted by molar-refractivity contribution is 0.275. The summed E-state index contributed by atoms with van der Waals surface area (Å²) >= 11 is 0. The van der Waals surface area contributed by atoms with E-state index < -0.39 is 34.3 Å². The maximum Gasteiger partial charge on any atom is 0.466 e. The van der Waals surface area contributed by atoms with Gasteiger partial charge in [-0.15, -0.1) is 0 Å². The Labute approximate surface area is 111 Å². The summed E-state index contributed by atoms with van der Waals surface area (Å²) in [5.41, 5.74) is -1.07. The Bertz CT molecular complexity index is 325. The van der Waals surface area contributed by atoms with Crippen LogP contribution >= 0.6 is 23.0 Å². The fourth-order valence-corrected chi connectivity index (χ4v) is 0. The highest BCUT2D eigenvalue weighted by Gasteiger charge is 2.17. The van der Waals surface area contributed by atoms with Crippen molar-refractivity contribution >= 4 is 23.0 Å². The van der Waals surface area contributed by atoms with Gasteiger partial charge in [-0.2, -0.15) is 0 Å². The predicted octanol–water partition coefficient (Wildman–Crippen LogP) is 0.216. The van der Waals surface area contributed by atoms with Crippen molar-refractivity contribution < 1.29 is 47.9 Å². The van der Waals surface area contributed by atoms with Crippen molar-refractivity contribution in [1.29, 1.82) is 0 Å². The normalized spacial score (nSPS) is 12.5. The molecular formula is C6H21O10P3. The van der Waals surface area contributed by atoms with Gasteiger partial charge in [0.15, 0.2) is 0 Å². The highest BCUT2D eigenvalue weighted by Crippen LogP contribution is 2.40. The monoisotopic (exact) mass is 346 g/mol. The highest BCUT2D eigenvalue weighted by molar-refractivity contribution is 7.52. The van der Waals surface area contributed by atoms with Gasteiger partial charge in [0.25, 0.3) is 0 Å². The number of hydrogen-bond acceptors (Lipinski definition) is 3. The van der Waals surface area contributed by atoms with E-state index in [-0.39, 0.29) is 0 Å². The second kappa shape index (κ2) is 9.37. The van der Waals surface area contributed by atoms with Gasteiger partial charge >= 0.3 is 23.0 Å². The molecule has 0 amide bonds. The fourth-order valence-electron chi connectivity index (χ4n) is 0. The van der Waals surface area contributed by atoms with Crippen molar-refractivity contribution in [3.05, 3.63) is 0 Å². The van der Waals surface area contributed by atoms with Crippen LogP contribution in [0.25, 0.3) is 0 Å². The van der Waals surface area contributed by atoms with Crippen molar-refractivity contribution in [1.82, 2.24) is 0 Å². The first kappa shape index (κ1) is 24.4. The zero-order chi connectivity index (χ0) is 16.7. The van der Waals surface area contributed by atoms with E-state index in [9.17, 15) is 9.13 Å². The Hall–Kier alpha value is 0.410. The van der Waals surface area contributed by atoms with Gasteiger partial charge in [0.05, 0.1) is 11.3 Å². The van der Waals surface area contributed by atoms with E-state index in [0.717, 1.165) is 0 Å².